The first-order valence-electron chi connectivity index (χ1n) is 11.4. The van der Waals surface area contributed by atoms with E-state index in [0.29, 0.717) is 24.3 Å². The monoisotopic (exact) mass is 467 g/mol. The molecule has 0 saturated carbocycles. The first-order chi connectivity index (χ1) is 16.2. The molecule has 3 amide bonds. The summed E-state index contributed by atoms with van der Waals surface area (Å²) >= 11 is 0. The van der Waals surface area contributed by atoms with Gasteiger partial charge in [-0.15, -0.1) is 0 Å². The summed E-state index contributed by atoms with van der Waals surface area (Å²) in [6.45, 7) is 8.14. The minimum absolute atomic E-state index is 0.0779. The molecule has 8 nitrogen and oxygen atoms in total. The van der Waals surface area contributed by atoms with Crippen molar-refractivity contribution in [1.82, 2.24) is 10.2 Å². The number of anilines is 1. The molecule has 2 rings (SSSR count). The quantitative estimate of drug-likeness (QED) is 0.494. The smallest absolute Gasteiger partial charge is 0.329 e. The molecule has 2 aromatic rings. The van der Waals surface area contributed by atoms with Gasteiger partial charge in [-0.3, -0.25) is 14.4 Å². The maximum Gasteiger partial charge on any atom is 0.329 e. The van der Waals surface area contributed by atoms with Crippen LogP contribution in [0.3, 0.4) is 0 Å². The van der Waals surface area contributed by atoms with Crippen molar-refractivity contribution in [3.63, 3.8) is 0 Å². The SMILES string of the molecule is CCN(CC)C(=O)c1ccc(NC(=O)COC(=O)C(NC(=O)Cc2ccccc2)C(C)C)cc1. The molecule has 0 aliphatic heterocycles. The maximum atomic E-state index is 12.5. The van der Waals surface area contributed by atoms with Gasteiger partial charge in [0, 0.05) is 24.3 Å². The molecule has 0 bridgehead atoms. The van der Waals surface area contributed by atoms with Crippen LogP contribution in [0.5, 0.6) is 0 Å². The lowest BCUT2D eigenvalue weighted by molar-refractivity contribution is -0.151. The number of carbonyl (C=O) groups is 4. The Balaban J connectivity index is 1.86. The van der Waals surface area contributed by atoms with Crippen molar-refractivity contribution < 1.29 is 23.9 Å². The van der Waals surface area contributed by atoms with Gasteiger partial charge in [-0.2, -0.15) is 0 Å². The maximum absolute atomic E-state index is 12.5. The topological polar surface area (TPSA) is 105 Å². The Bertz CT molecular complexity index is 970. The number of hydrogen-bond donors (Lipinski definition) is 2. The van der Waals surface area contributed by atoms with Gasteiger partial charge < -0.3 is 20.3 Å². The molecule has 0 aromatic heterocycles. The fourth-order valence-electron chi connectivity index (χ4n) is 3.32. The predicted molar refractivity (Wildman–Crippen MR) is 130 cm³/mol. The van der Waals surface area contributed by atoms with E-state index in [-0.39, 0.29) is 24.2 Å². The largest absolute Gasteiger partial charge is 0.454 e. The van der Waals surface area contributed by atoms with E-state index in [4.69, 9.17) is 4.74 Å². The zero-order chi connectivity index (χ0) is 25.1. The molecule has 0 saturated heterocycles. The minimum Gasteiger partial charge on any atom is -0.454 e. The Morgan fingerprint density at radius 2 is 1.50 bits per heavy atom. The summed E-state index contributed by atoms with van der Waals surface area (Å²) in [4.78, 5) is 51.2. The Labute approximate surface area is 200 Å². The molecular weight excluding hydrogens is 434 g/mol. The first kappa shape index (κ1) is 26.6. The van der Waals surface area contributed by atoms with Crippen LogP contribution in [0.15, 0.2) is 54.6 Å². The molecule has 1 atom stereocenters. The Hall–Kier alpha value is -3.68. The van der Waals surface area contributed by atoms with Crippen LogP contribution < -0.4 is 10.6 Å². The van der Waals surface area contributed by atoms with E-state index < -0.39 is 24.5 Å². The number of esters is 1. The Morgan fingerprint density at radius 1 is 0.882 bits per heavy atom. The van der Waals surface area contributed by atoms with E-state index in [1.807, 2.05) is 44.2 Å². The second-order valence-electron chi connectivity index (χ2n) is 8.16. The van der Waals surface area contributed by atoms with Gasteiger partial charge in [0.05, 0.1) is 6.42 Å². The van der Waals surface area contributed by atoms with Crippen LogP contribution in [-0.2, 0) is 25.5 Å². The second kappa shape index (κ2) is 13.1. The summed E-state index contributed by atoms with van der Waals surface area (Å²) in [5, 5.41) is 5.33. The molecule has 8 heteroatoms. The number of carbonyl (C=O) groups excluding carboxylic acids is 4. The van der Waals surface area contributed by atoms with Gasteiger partial charge >= 0.3 is 5.97 Å². The van der Waals surface area contributed by atoms with E-state index in [2.05, 4.69) is 10.6 Å². The lowest BCUT2D eigenvalue weighted by Gasteiger charge is -2.21. The van der Waals surface area contributed by atoms with E-state index in [9.17, 15) is 19.2 Å². The van der Waals surface area contributed by atoms with Crippen molar-refractivity contribution in [2.75, 3.05) is 25.0 Å². The molecule has 182 valence electrons. The number of rotatable bonds is 11. The van der Waals surface area contributed by atoms with Crippen LogP contribution in [0, 0.1) is 5.92 Å². The molecule has 0 fully saturated rings. The molecule has 0 radical (unpaired) electrons. The third-order valence-electron chi connectivity index (χ3n) is 5.26. The fourth-order valence-corrected chi connectivity index (χ4v) is 3.32. The lowest BCUT2D eigenvalue weighted by atomic mass is 10.0. The van der Waals surface area contributed by atoms with Crippen molar-refractivity contribution in [2.24, 2.45) is 5.92 Å². The van der Waals surface area contributed by atoms with Crippen molar-refractivity contribution in [1.29, 1.82) is 0 Å². The summed E-state index contributed by atoms with van der Waals surface area (Å²) in [5.41, 5.74) is 1.84. The van der Waals surface area contributed by atoms with E-state index in [1.54, 1.807) is 43.0 Å². The second-order valence-corrected chi connectivity index (χ2v) is 8.16. The van der Waals surface area contributed by atoms with Crippen molar-refractivity contribution in [3.05, 3.63) is 65.7 Å². The fraction of sp³-hybridized carbons (Fsp3) is 0.385. The summed E-state index contributed by atoms with van der Waals surface area (Å²) < 4.78 is 5.15. The van der Waals surface area contributed by atoms with Gasteiger partial charge in [-0.1, -0.05) is 44.2 Å². The molecule has 0 aliphatic carbocycles. The average molecular weight is 468 g/mol. The summed E-state index contributed by atoms with van der Waals surface area (Å²) in [6, 6.07) is 14.9. The zero-order valence-corrected chi connectivity index (χ0v) is 20.2. The van der Waals surface area contributed by atoms with Crippen molar-refractivity contribution >= 4 is 29.4 Å². The van der Waals surface area contributed by atoms with Crippen LogP contribution in [0.25, 0.3) is 0 Å². The normalized spacial score (nSPS) is 11.4. The number of nitrogens with zero attached hydrogens (tertiary/aromatic N) is 1. The number of hydrogen-bond acceptors (Lipinski definition) is 5. The van der Waals surface area contributed by atoms with E-state index in [1.165, 1.54) is 0 Å². The highest BCUT2D eigenvalue weighted by Crippen LogP contribution is 2.12. The van der Waals surface area contributed by atoms with E-state index in [0.717, 1.165) is 5.56 Å². The Kier molecular flexibility index (Phi) is 10.3. The zero-order valence-electron chi connectivity index (χ0n) is 20.2. The third kappa shape index (κ3) is 8.03. The molecule has 34 heavy (non-hydrogen) atoms. The molecule has 2 N–H and O–H groups in total. The van der Waals surface area contributed by atoms with Gasteiger partial charge in [0.1, 0.15) is 6.04 Å². The molecule has 1 unspecified atom stereocenters. The third-order valence-corrected chi connectivity index (χ3v) is 5.26. The Morgan fingerprint density at radius 3 is 2.06 bits per heavy atom. The van der Waals surface area contributed by atoms with Crippen LogP contribution in [0.2, 0.25) is 0 Å². The van der Waals surface area contributed by atoms with Crippen molar-refractivity contribution in [3.8, 4) is 0 Å². The number of amides is 3. The highest BCUT2D eigenvalue weighted by molar-refractivity contribution is 5.96. The van der Waals surface area contributed by atoms with Crippen LogP contribution in [0.1, 0.15) is 43.6 Å². The molecule has 0 heterocycles. The number of benzene rings is 2. The number of nitrogens with one attached hydrogen (secondary N) is 2. The summed E-state index contributed by atoms with van der Waals surface area (Å²) in [7, 11) is 0. The molecule has 0 spiro atoms. The summed E-state index contributed by atoms with van der Waals surface area (Å²) in [6.07, 6.45) is 0.143. The van der Waals surface area contributed by atoms with E-state index >= 15 is 0 Å². The first-order valence-corrected chi connectivity index (χ1v) is 11.4. The summed E-state index contributed by atoms with van der Waals surface area (Å²) in [5.74, 6) is -1.79. The standard InChI is InChI=1S/C26H33N3O5/c1-5-29(6-2)25(32)20-12-14-21(15-13-20)27-23(31)17-34-26(33)24(18(3)4)28-22(30)16-19-10-8-7-9-11-19/h7-15,18,24H,5-6,16-17H2,1-4H3,(H,27,31)(H,28,30). The molecular formula is C26H33N3O5. The highest BCUT2D eigenvalue weighted by atomic mass is 16.5. The van der Waals surface area contributed by atoms with Gasteiger partial charge in [0.25, 0.3) is 11.8 Å². The van der Waals surface area contributed by atoms with Crippen molar-refractivity contribution in [2.45, 2.75) is 40.2 Å². The lowest BCUT2D eigenvalue weighted by Crippen LogP contribution is -2.46. The van der Waals surface area contributed by atoms with Crippen LogP contribution in [-0.4, -0.2) is 54.3 Å². The minimum atomic E-state index is -0.866. The van der Waals surface area contributed by atoms with Gasteiger partial charge in [-0.25, -0.2) is 4.79 Å². The van der Waals surface area contributed by atoms with Gasteiger partial charge in [-0.05, 0) is 49.6 Å². The van der Waals surface area contributed by atoms with Gasteiger partial charge in [0.15, 0.2) is 6.61 Å². The molecule has 2 aromatic carbocycles. The average Bonchev–Trinajstić information content (AvgIpc) is 2.82. The van der Waals surface area contributed by atoms with Crippen LogP contribution >= 0.6 is 0 Å². The van der Waals surface area contributed by atoms with Crippen LogP contribution in [0.4, 0.5) is 5.69 Å². The highest BCUT2D eigenvalue weighted by Gasteiger charge is 2.26. The molecule has 0 aliphatic rings. The number of ether oxygens (including phenoxy) is 1. The van der Waals surface area contributed by atoms with Gasteiger partial charge in [0.2, 0.25) is 5.91 Å². The predicted octanol–water partition coefficient (Wildman–Crippen LogP) is 3.03.